The van der Waals surface area contributed by atoms with Gasteiger partial charge in [0.25, 0.3) is 0 Å². The molecule has 0 aliphatic heterocycles. The molecular weight excluding hydrogens is 459 g/mol. The molecule has 1 atom stereocenters. The molecule has 2 amide bonds. The number of hydrogen-bond donors (Lipinski definition) is 0. The number of hydrogen-bond acceptors (Lipinski definition) is 3. The van der Waals surface area contributed by atoms with Crippen molar-refractivity contribution >= 4 is 23.2 Å². The first-order valence-corrected chi connectivity index (χ1v) is 14.1. The molecule has 6 heteroatoms. The fraction of sp³-hybridized carbons (Fsp3) is 0.586. The molecule has 4 aliphatic rings. The lowest BCUT2D eigenvalue weighted by Crippen LogP contribution is -2.57. The maximum absolute atomic E-state index is 14.2. The van der Waals surface area contributed by atoms with Gasteiger partial charge in [0.15, 0.2) is 0 Å². The van der Waals surface area contributed by atoms with Crippen molar-refractivity contribution in [2.24, 2.45) is 23.2 Å². The van der Waals surface area contributed by atoms with Crippen LogP contribution in [0.15, 0.2) is 41.8 Å². The zero-order valence-electron chi connectivity index (χ0n) is 20.9. The van der Waals surface area contributed by atoms with E-state index in [1.807, 2.05) is 27.3 Å². The van der Waals surface area contributed by atoms with Crippen molar-refractivity contribution in [1.82, 2.24) is 9.80 Å². The molecular formula is C29H37FN2O2S. The van der Waals surface area contributed by atoms with E-state index in [0.717, 1.165) is 36.1 Å². The van der Waals surface area contributed by atoms with Crippen molar-refractivity contribution in [1.29, 1.82) is 0 Å². The fourth-order valence-electron chi connectivity index (χ4n) is 7.20. The third kappa shape index (κ3) is 5.18. The van der Waals surface area contributed by atoms with Gasteiger partial charge in [0.05, 0.1) is 12.0 Å². The molecule has 4 nitrogen and oxygen atoms in total. The summed E-state index contributed by atoms with van der Waals surface area (Å²) in [6, 6.07) is 10.4. The lowest BCUT2D eigenvalue weighted by Gasteiger charge is -2.57. The standard InChI is InChI=1S/C29H37FN2O2S/c1-3-20(2)32(28(34)29-14-22-11-23(15-29)13-24(12-22)16-29)19-27(33)31(18-26-5-4-10-35-26)17-21-6-8-25(30)9-7-21/h4-10,20,22-24H,3,11-19H2,1-2H3. The highest BCUT2D eigenvalue weighted by Crippen LogP contribution is 2.60. The SMILES string of the molecule is CCC(C)N(CC(=O)N(Cc1ccc(F)cc1)Cc1cccs1)C(=O)C12CC3CC(CC(C3)C1)C2. The lowest BCUT2D eigenvalue weighted by atomic mass is 9.49. The van der Waals surface area contributed by atoms with E-state index >= 15 is 0 Å². The van der Waals surface area contributed by atoms with Crippen molar-refractivity contribution in [3.05, 3.63) is 58.0 Å². The largest absolute Gasteiger partial charge is 0.332 e. The molecule has 0 saturated heterocycles. The molecule has 1 unspecified atom stereocenters. The fourth-order valence-corrected chi connectivity index (χ4v) is 7.92. The average molecular weight is 497 g/mol. The Balaban J connectivity index is 1.36. The third-order valence-corrected chi connectivity index (χ3v) is 9.61. The number of carbonyl (C=O) groups is 2. The topological polar surface area (TPSA) is 40.6 Å². The number of amides is 2. The second-order valence-electron chi connectivity index (χ2n) is 11.3. The summed E-state index contributed by atoms with van der Waals surface area (Å²) in [5.74, 6) is 1.96. The minimum absolute atomic E-state index is 0.0221. The monoisotopic (exact) mass is 496 g/mol. The van der Waals surface area contributed by atoms with Crippen molar-refractivity contribution in [3.8, 4) is 0 Å². The molecule has 4 aliphatic carbocycles. The molecule has 0 radical (unpaired) electrons. The van der Waals surface area contributed by atoms with Crippen molar-refractivity contribution in [2.45, 2.75) is 77.9 Å². The van der Waals surface area contributed by atoms with Gasteiger partial charge in [-0.05, 0) is 98.8 Å². The Hall–Kier alpha value is -2.21. The van der Waals surface area contributed by atoms with Gasteiger partial charge in [-0.3, -0.25) is 9.59 Å². The second kappa shape index (κ2) is 10.0. The first-order chi connectivity index (χ1) is 16.8. The molecule has 1 aromatic carbocycles. The van der Waals surface area contributed by atoms with Crippen LogP contribution in [0, 0.1) is 29.0 Å². The summed E-state index contributed by atoms with van der Waals surface area (Å²) in [5.41, 5.74) is 0.632. The van der Waals surface area contributed by atoms with Gasteiger partial charge >= 0.3 is 0 Å². The highest BCUT2D eigenvalue weighted by molar-refractivity contribution is 7.09. The van der Waals surface area contributed by atoms with Crippen LogP contribution in [0.2, 0.25) is 0 Å². The molecule has 0 N–H and O–H groups in total. The summed E-state index contributed by atoms with van der Waals surface area (Å²) in [4.78, 5) is 32.8. The van der Waals surface area contributed by atoms with Crippen LogP contribution in [-0.2, 0) is 22.7 Å². The Kier molecular flexibility index (Phi) is 7.02. The van der Waals surface area contributed by atoms with Crippen molar-refractivity contribution in [3.63, 3.8) is 0 Å². The molecule has 4 saturated carbocycles. The zero-order chi connectivity index (χ0) is 24.6. The van der Waals surface area contributed by atoms with E-state index in [0.29, 0.717) is 30.8 Å². The van der Waals surface area contributed by atoms with Crippen LogP contribution in [0.5, 0.6) is 0 Å². The van der Waals surface area contributed by atoms with Crippen LogP contribution >= 0.6 is 11.3 Å². The molecule has 4 fully saturated rings. The van der Waals surface area contributed by atoms with E-state index in [1.54, 1.807) is 23.5 Å². The van der Waals surface area contributed by atoms with Gasteiger partial charge in [0.2, 0.25) is 11.8 Å². The van der Waals surface area contributed by atoms with Crippen LogP contribution in [0.3, 0.4) is 0 Å². The highest BCUT2D eigenvalue weighted by atomic mass is 32.1. The van der Waals surface area contributed by atoms with Crippen LogP contribution in [0.25, 0.3) is 0 Å². The number of carbonyl (C=O) groups excluding carboxylic acids is 2. The molecule has 188 valence electrons. The molecule has 4 bridgehead atoms. The number of thiophene rings is 1. The van der Waals surface area contributed by atoms with Gasteiger partial charge in [0, 0.05) is 17.5 Å². The van der Waals surface area contributed by atoms with Crippen LogP contribution in [0.4, 0.5) is 4.39 Å². The lowest BCUT2D eigenvalue weighted by molar-refractivity contribution is -0.162. The summed E-state index contributed by atoms with van der Waals surface area (Å²) >= 11 is 1.62. The first kappa shape index (κ1) is 24.5. The summed E-state index contributed by atoms with van der Waals surface area (Å²) in [6.07, 6.45) is 7.73. The summed E-state index contributed by atoms with van der Waals surface area (Å²) in [7, 11) is 0. The van der Waals surface area contributed by atoms with Gasteiger partial charge in [-0.2, -0.15) is 0 Å². The van der Waals surface area contributed by atoms with Crippen molar-refractivity contribution in [2.75, 3.05) is 6.54 Å². The van der Waals surface area contributed by atoms with Crippen LogP contribution in [0.1, 0.15) is 69.2 Å². The Bertz CT molecular complexity index is 1000. The Morgan fingerprint density at radius 1 is 1.03 bits per heavy atom. The Labute approximate surface area is 212 Å². The molecule has 2 aromatic rings. The van der Waals surface area contributed by atoms with Gasteiger partial charge in [-0.15, -0.1) is 11.3 Å². The third-order valence-electron chi connectivity index (χ3n) is 8.75. The van der Waals surface area contributed by atoms with E-state index in [1.165, 1.54) is 31.4 Å². The number of halogens is 1. The van der Waals surface area contributed by atoms with Gasteiger partial charge in [0.1, 0.15) is 12.4 Å². The highest BCUT2D eigenvalue weighted by Gasteiger charge is 2.56. The maximum atomic E-state index is 14.2. The smallest absolute Gasteiger partial charge is 0.242 e. The zero-order valence-corrected chi connectivity index (χ0v) is 21.7. The van der Waals surface area contributed by atoms with Gasteiger partial charge in [-0.1, -0.05) is 25.1 Å². The van der Waals surface area contributed by atoms with E-state index in [9.17, 15) is 14.0 Å². The summed E-state index contributed by atoms with van der Waals surface area (Å²) in [5, 5.41) is 2.01. The van der Waals surface area contributed by atoms with E-state index < -0.39 is 0 Å². The minimum Gasteiger partial charge on any atom is -0.332 e. The molecule has 35 heavy (non-hydrogen) atoms. The summed E-state index contributed by atoms with van der Waals surface area (Å²) in [6.45, 7) is 5.18. The van der Waals surface area contributed by atoms with Crippen molar-refractivity contribution < 1.29 is 14.0 Å². The molecule has 1 heterocycles. The summed E-state index contributed by atoms with van der Waals surface area (Å²) < 4.78 is 13.5. The minimum atomic E-state index is -0.283. The Morgan fingerprint density at radius 3 is 2.20 bits per heavy atom. The van der Waals surface area contributed by atoms with Crippen LogP contribution < -0.4 is 0 Å². The van der Waals surface area contributed by atoms with E-state index in [4.69, 9.17) is 0 Å². The van der Waals surface area contributed by atoms with Crippen LogP contribution in [-0.4, -0.2) is 34.2 Å². The normalized spacial score (nSPS) is 27.6. The van der Waals surface area contributed by atoms with E-state index in [-0.39, 0.29) is 35.6 Å². The predicted octanol–water partition coefficient (Wildman–Crippen LogP) is 6.26. The molecule has 1 aromatic heterocycles. The maximum Gasteiger partial charge on any atom is 0.242 e. The number of nitrogens with zero attached hydrogens (tertiary/aromatic N) is 2. The quantitative estimate of drug-likeness (QED) is 0.411. The van der Waals surface area contributed by atoms with Gasteiger partial charge in [-0.25, -0.2) is 4.39 Å². The second-order valence-corrected chi connectivity index (χ2v) is 12.4. The van der Waals surface area contributed by atoms with E-state index in [2.05, 4.69) is 13.8 Å². The Morgan fingerprint density at radius 2 is 1.66 bits per heavy atom. The average Bonchev–Trinajstić information content (AvgIpc) is 3.35. The number of benzene rings is 1. The molecule has 6 rings (SSSR count). The first-order valence-electron chi connectivity index (χ1n) is 13.2. The predicted molar refractivity (Wildman–Crippen MR) is 137 cm³/mol. The van der Waals surface area contributed by atoms with Gasteiger partial charge < -0.3 is 9.80 Å². The number of rotatable bonds is 9. The molecule has 0 spiro atoms.